The Hall–Kier alpha value is -5.55. The highest BCUT2D eigenvalue weighted by Crippen LogP contribution is 2.38. The van der Waals surface area contributed by atoms with Crippen LogP contribution in [-0.4, -0.2) is 4.98 Å². The summed E-state index contributed by atoms with van der Waals surface area (Å²) in [4.78, 5) is 4.81. The summed E-state index contributed by atoms with van der Waals surface area (Å²) in [6, 6.07) is 47.5. The van der Waals surface area contributed by atoms with E-state index in [-0.39, 0.29) is 0 Å². The SMILES string of the molecule is N#Cc1cccc(-c2cc(C#N)cc(-c3ccc(-c4ccc(-c5nc6ccccc6s5)cc4)c4ccccc34)c2)c1. The Balaban J connectivity index is 1.31. The summed E-state index contributed by atoms with van der Waals surface area (Å²) in [5, 5.41) is 22.5. The third-order valence-electron chi connectivity index (χ3n) is 7.36. The summed E-state index contributed by atoms with van der Waals surface area (Å²) in [7, 11) is 0. The van der Waals surface area contributed by atoms with E-state index in [1.807, 2.05) is 42.5 Å². The molecule has 7 aromatic rings. The van der Waals surface area contributed by atoms with Crippen LogP contribution in [0.3, 0.4) is 0 Å². The molecule has 4 heteroatoms. The molecule has 0 amide bonds. The third-order valence-corrected chi connectivity index (χ3v) is 8.44. The monoisotopic (exact) mass is 539 g/mol. The Labute approximate surface area is 241 Å². The van der Waals surface area contributed by atoms with Gasteiger partial charge in [0.2, 0.25) is 0 Å². The van der Waals surface area contributed by atoms with Crippen molar-refractivity contribution in [1.82, 2.24) is 4.98 Å². The molecule has 0 atom stereocenters. The predicted octanol–water partition coefficient (Wildman–Crippen LogP) is 9.86. The minimum atomic E-state index is 0.582. The molecule has 1 heterocycles. The third kappa shape index (κ3) is 4.53. The van der Waals surface area contributed by atoms with Gasteiger partial charge in [0.05, 0.1) is 33.5 Å². The van der Waals surface area contributed by atoms with E-state index >= 15 is 0 Å². The number of para-hydroxylation sites is 1. The Morgan fingerprint density at radius 1 is 0.488 bits per heavy atom. The molecule has 1 aromatic heterocycles. The van der Waals surface area contributed by atoms with Gasteiger partial charge in [0.1, 0.15) is 5.01 Å². The first-order chi connectivity index (χ1) is 20.2. The van der Waals surface area contributed by atoms with Gasteiger partial charge < -0.3 is 0 Å². The van der Waals surface area contributed by atoms with Crippen LogP contribution < -0.4 is 0 Å². The maximum Gasteiger partial charge on any atom is 0.124 e. The predicted molar refractivity (Wildman–Crippen MR) is 168 cm³/mol. The number of nitriles is 2. The molecular formula is C37H21N3S. The Morgan fingerprint density at radius 3 is 1.85 bits per heavy atom. The molecular weight excluding hydrogens is 518 g/mol. The van der Waals surface area contributed by atoms with Crippen LogP contribution in [0.1, 0.15) is 11.1 Å². The van der Waals surface area contributed by atoms with E-state index in [1.165, 1.54) is 4.70 Å². The molecule has 0 bridgehead atoms. The summed E-state index contributed by atoms with van der Waals surface area (Å²) < 4.78 is 1.19. The highest BCUT2D eigenvalue weighted by Gasteiger charge is 2.13. The summed E-state index contributed by atoms with van der Waals surface area (Å²) in [5.41, 5.74) is 9.45. The lowest BCUT2D eigenvalue weighted by atomic mass is 9.90. The molecule has 3 nitrogen and oxygen atoms in total. The van der Waals surface area contributed by atoms with Gasteiger partial charge in [-0.2, -0.15) is 10.5 Å². The van der Waals surface area contributed by atoms with Gasteiger partial charge in [0.25, 0.3) is 0 Å². The van der Waals surface area contributed by atoms with Crippen molar-refractivity contribution >= 4 is 32.3 Å². The second-order valence-electron chi connectivity index (χ2n) is 9.87. The fourth-order valence-electron chi connectivity index (χ4n) is 5.37. The molecule has 0 aliphatic rings. The molecule has 0 aliphatic carbocycles. The van der Waals surface area contributed by atoms with Gasteiger partial charge in [-0.25, -0.2) is 4.98 Å². The van der Waals surface area contributed by atoms with Crippen LogP contribution >= 0.6 is 11.3 Å². The zero-order valence-corrected chi connectivity index (χ0v) is 22.7. The van der Waals surface area contributed by atoms with E-state index < -0.39 is 0 Å². The topological polar surface area (TPSA) is 60.5 Å². The summed E-state index contributed by atoms with van der Waals surface area (Å²) in [6.07, 6.45) is 0. The van der Waals surface area contributed by atoms with Crippen molar-refractivity contribution in [1.29, 1.82) is 10.5 Å². The number of aromatic nitrogens is 1. The van der Waals surface area contributed by atoms with E-state index in [1.54, 1.807) is 17.4 Å². The second kappa shape index (κ2) is 10.2. The lowest BCUT2D eigenvalue weighted by molar-refractivity contribution is 1.47. The molecule has 0 aliphatic heterocycles. The van der Waals surface area contributed by atoms with E-state index in [2.05, 4.69) is 91.0 Å². The van der Waals surface area contributed by atoms with Gasteiger partial charge in [-0.05, 0) is 86.6 Å². The van der Waals surface area contributed by atoms with Gasteiger partial charge in [0, 0.05) is 5.56 Å². The van der Waals surface area contributed by atoms with Gasteiger partial charge in [-0.3, -0.25) is 0 Å². The number of fused-ring (bicyclic) bond motifs is 2. The Bertz CT molecular complexity index is 2140. The molecule has 0 radical (unpaired) electrons. The standard InChI is InChI=1S/C37H21N3S/c38-22-24-6-5-7-28(18-24)29-19-25(23-39)20-30(21-29)32-17-16-31(33-8-1-2-9-34(32)33)26-12-14-27(15-13-26)37-40-35-10-3-4-11-36(35)41-37/h1-21H. The molecule has 6 aromatic carbocycles. The number of hydrogen-bond acceptors (Lipinski definition) is 4. The van der Waals surface area contributed by atoms with Gasteiger partial charge in [0.15, 0.2) is 0 Å². The maximum atomic E-state index is 9.83. The van der Waals surface area contributed by atoms with Crippen LogP contribution in [0.2, 0.25) is 0 Å². The van der Waals surface area contributed by atoms with E-state index in [0.717, 1.165) is 60.2 Å². The van der Waals surface area contributed by atoms with Crippen LogP contribution in [0.25, 0.3) is 64.9 Å². The van der Waals surface area contributed by atoms with Crippen LogP contribution in [-0.2, 0) is 0 Å². The van der Waals surface area contributed by atoms with Crippen LogP contribution in [0.15, 0.2) is 127 Å². The van der Waals surface area contributed by atoms with Crippen molar-refractivity contribution < 1.29 is 0 Å². The average molecular weight is 540 g/mol. The van der Waals surface area contributed by atoms with Crippen LogP contribution in [0, 0.1) is 22.7 Å². The summed E-state index contributed by atoms with van der Waals surface area (Å²) in [5.74, 6) is 0. The van der Waals surface area contributed by atoms with E-state index in [4.69, 9.17) is 4.98 Å². The van der Waals surface area contributed by atoms with Crippen molar-refractivity contribution in [2.45, 2.75) is 0 Å². The smallest absolute Gasteiger partial charge is 0.124 e. The molecule has 41 heavy (non-hydrogen) atoms. The lowest BCUT2D eigenvalue weighted by Gasteiger charge is -2.14. The van der Waals surface area contributed by atoms with Crippen LogP contribution in [0.5, 0.6) is 0 Å². The number of rotatable bonds is 4. The second-order valence-corrected chi connectivity index (χ2v) is 10.9. The molecule has 190 valence electrons. The summed E-state index contributed by atoms with van der Waals surface area (Å²) in [6.45, 7) is 0. The highest BCUT2D eigenvalue weighted by atomic mass is 32.1. The average Bonchev–Trinajstić information content (AvgIpc) is 3.49. The fourth-order valence-corrected chi connectivity index (χ4v) is 6.34. The fraction of sp³-hybridized carbons (Fsp3) is 0. The Morgan fingerprint density at radius 2 is 1.12 bits per heavy atom. The minimum Gasteiger partial charge on any atom is -0.236 e. The Kier molecular flexibility index (Phi) is 6.10. The largest absolute Gasteiger partial charge is 0.236 e. The van der Waals surface area contributed by atoms with Crippen molar-refractivity contribution in [2.75, 3.05) is 0 Å². The van der Waals surface area contributed by atoms with Gasteiger partial charge in [-0.15, -0.1) is 11.3 Å². The van der Waals surface area contributed by atoms with Gasteiger partial charge in [-0.1, -0.05) is 84.9 Å². The zero-order chi connectivity index (χ0) is 27.8. The first kappa shape index (κ1) is 24.5. The number of hydrogen-bond donors (Lipinski definition) is 0. The highest BCUT2D eigenvalue weighted by molar-refractivity contribution is 7.21. The van der Waals surface area contributed by atoms with Gasteiger partial charge >= 0.3 is 0 Å². The van der Waals surface area contributed by atoms with Crippen molar-refractivity contribution in [2.24, 2.45) is 0 Å². The summed E-state index contributed by atoms with van der Waals surface area (Å²) >= 11 is 1.71. The molecule has 0 saturated carbocycles. The first-order valence-electron chi connectivity index (χ1n) is 13.2. The van der Waals surface area contributed by atoms with Crippen LogP contribution in [0.4, 0.5) is 0 Å². The molecule has 0 fully saturated rings. The van der Waals surface area contributed by atoms with Crippen molar-refractivity contribution in [3.05, 3.63) is 139 Å². The molecule has 0 N–H and O–H groups in total. The first-order valence-corrected chi connectivity index (χ1v) is 14.1. The maximum absolute atomic E-state index is 9.83. The number of nitrogens with zero attached hydrogens (tertiary/aromatic N) is 3. The molecule has 0 unspecified atom stereocenters. The zero-order valence-electron chi connectivity index (χ0n) is 21.9. The molecule has 0 saturated heterocycles. The normalized spacial score (nSPS) is 10.9. The van der Waals surface area contributed by atoms with E-state index in [0.29, 0.717) is 11.1 Å². The quantitative estimate of drug-likeness (QED) is 0.224. The van der Waals surface area contributed by atoms with Crippen molar-refractivity contribution in [3.8, 4) is 56.1 Å². The minimum absolute atomic E-state index is 0.582. The molecule has 7 rings (SSSR count). The lowest BCUT2D eigenvalue weighted by Crippen LogP contribution is -1.89. The number of benzene rings is 6. The number of thiazole rings is 1. The van der Waals surface area contributed by atoms with Crippen molar-refractivity contribution in [3.63, 3.8) is 0 Å². The molecule has 0 spiro atoms. The van der Waals surface area contributed by atoms with E-state index in [9.17, 15) is 10.5 Å².